The molecule has 0 saturated heterocycles. The number of aromatic nitrogens is 1. The molecule has 3 rings (SSSR count). The Bertz CT molecular complexity index is 979. The van der Waals surface area contributed by atoms with Gasteiger partial charge in [0.1, 0.15) is 0 Å². The maximum absolute atomic E-state index is 13.2. The number of carbonyl (C=O) groups is 1. The number of aryl methyl sites for hydroxylation is 1. The fourth-order valence-electron chi connectivity index (χ4n) is 2.33. The Morgan fingerprint density at radius 1 is 1.00 bits per heavy atom. The Hall–Kier alpha value is -2.99. The van der Waals surface area contributed by atoms with E-state index in [1.54, 1.807) is 18.3 Å². The number of hydrogen-bond donors (Lipinski definition) is 2. The molecule has 0 saturated carbocycles. The molecule has 2 aromatic carbocycles. The van der Waals surface area contributed by atoms with Crippen LogP contribution >= 0.6 is 11.6 Å². The summed E-state index contributed by atoms with van der Waals surface area (Å²) in [4.78, 5) is 16.4. The monoisotopic (exact) mass is 373 g/mol. The molecule has 0 aliphatic carbocycles. The molecule has 7 heteroatoms. The minimum absolute atomic E-state index is 0.154. The van der Waals surface area contributed by atoms with Crippen molar-refractivity contribution in [2.75, 3.05) is 10.6 Å². The normalized spacial score (nSPS) is 10.5. The molecule has 0 radical (unpaired) electrons. The lowest BCUT2D eigenvalue weighted by atomic mass is 10.2. The smallest absolute Gasteiger partial charge is 0.257 e. The van der Waals surface area contributed by atoms with Gasteiger partial charge in [-0.15, -0.1) is 0 Å². The van der Waals surface area contributed by atoms with Crippen LogP contribution in [0.15, 0.2) is 54.9 Å². The second-order valence-electron chi connectivity index (χ2n) is 5.63. The lowest BCUT2D eigenvalue weighted by molar-refractivity contribution is 0.102. The number of carbonyl (C=O) groups excluding carboxylic acids is 1. The van der Waals surface area contributed by atoms with Gasteiger partial charge in [-0.05, 0) is 48.9 Å². The molecule has 132 valence electrons. The average Bonchev–Trinajstić information content (AvgIpc) is 2.61. The zero-order valence-corrected chi connectivity index (χ0v) is 14.4. The predicted molar refractivity (Wildman–Crippen MR) is 98.0 cm³/mol. The van der Waals surface area contributed by atoms with Crippen molar-refractivity contribution in [3.8, 4) is 0 Å². The Morgan fingerprint density at radius 2 is 1.81 bits per heavy atom. The highest BCUT2D eigenvalue weighted by atomic mass is 35.5. The largest absolute Gasteiger partial charge is 0.354 e. The average molecular weight is 374 g/mol. The van der Waals surface area contributed by atoms with E-state index in [1.807, 2.05) is 19.1 Å². The van der Waals surface area contributed by atoms with Crippen LogP contribution in [-0.2, 0) is 0 Å². The van der Waals surface area contributed by atoms with Gasteiger partial charge in [-0.1, -0.05) is 11.6 Å². The molecule has 1 heterocycles. The highest BCUT2D eigenvalue weighted by molar-refractivity contribution is 6.30. The summed E-state index contributed by atoms with van der Waals surface area (Å²) in [7, 11) is 0. The van der Waals surface area contributed by atoms with Crippen LogP contribution in [0, 0.1) is 18.6 Å². The molecule has 0 aliphatic heterocycles. The molecule has 26 heavy (non-hydrogen) atoms. The van der Waals surface area contributed by atoms with E-state index in [-0.39, 0.29) is 11.3 Å². The van der Waals surface area contributed by atoms with Gasteiger partial charge in [0.2, 0.25) is 0 Å². The lowest BCUT2D eigenvalue weighted by Crippen LogP contribution is -2.13. The van der Waals surface area contributed by atoms with Crippen molar-refractivity contribution in [1.29, 1.82) is 0 Å². The summed E-state index contributed by atoms with van der Waals surface area (Å²) < 4.78 is 26.2. The van der Waals surface area contributed by atoms with E-state index in [4.69, 9.17) is 11.6 Å². The van der Waals surface area contributed by atoms with E-state index in [1.165, 1.54) is 12.3 Å². The van der Waals surface area contributed by atoms with Crippen LogP contribution in [0.25, 0.3) is 0 Å². The first-order chi connectivity index (χ1) is 12.4. The lowest BCUT2D eigenvalue weighted by Gasteiger charge is -2.11. The van der Waals surface area contributed by atoms with E-state index >= 15 is 0 Å². The molecule has 4 nitrogen and oxygen atoms in total. The van der Waals surface area contributed by atoms with Gasteiger partial charge in [0.05, 0.1) is 17.4 Å². The zero-order chi connectivity index (χ0) is 18.7. The number of nitrogens with one attached hydrogen (secondary N) is 2. The first kappa shape index (κ1) is 17.8. The molecular formula is C19H14ClF2N3O. The van der Waals surface area contributed by atoms with Crippen LogP contribution in [0.5, 0.6) is 0 Å². The summed E-state index contributed by atoms with van der Waals surface area (Å²) in [6.45, 7) is 1.90. The second kappa shape index (κ2) is 7.49. The summed E-state index contributed by atoms with van der Waals surface area (Å²) in [5.74, 6) is -2.50. The Balaban J connectivity index is 1.77. The third kappa shape index (κ3) is 4.15. The highest BCUT2D eigenvalue weighted by Crippen LogP contribution is 2.24. The fraction of sp³-hybridized carbons (Fsp3) is 0.0526. The van der Waals surface area contributed by atoms with Gasteiger partial charge >= 0.3 is 0 Å². The van der Waals surface area contributed by atoms with Crippen molar-refractivity contribution in [2.45, 2.75) is 6.92 Å². The van der Waals surface area contributed by atoms with Gasteiger partial charge in [-0.2, -0.15) is 0 Å². The number of halogens is 3. The van der Waals surface area contributed by atoms with Gasteiger partial charge in [0, 0.05) is 28.7 Å². The Labute approximate surface area is 153 Å². The molecule has 1 amide bonds. The zero-order valence-electron chi connectivity index (χ0n) is 13.7. The number of hydrogen-bond acceptors (Lipinski definition) is 3. The van der Waals surface area contributed by atoms with Crippen molar-refractivity contribution in [3.05, 3.63) is 82.6 Å². The summed E-state index contributed by atoms with van der Waals surface area (Å²) >= 11 is 5.94. The van der Waals surface area contributed by atoms with Crippen LogP contribution in [-0.4, -0.2) is 10.9 Å². The van der Waals surface area contributed by atoms with Crippen LogP contribution in [0.3, 0.4) is 0 Å². The van der Waals surface area contributed by atoms with Crippen LogP contribution in [0.2, 0.25) is 5.02 Å². The van der Waals surface area contributed by atoms with E-state index in [9.17, 15) is 13.6 Å². The van der Waals surface area contributed by atoms with E-state index in [0.717, 1.165) is 23.4 Å². The number of amides is 1. The molecule has 1 aromatic heterocycles. The Morgan fingerprint density at radius 3 is 2.54 bits per heavy atom. The number of nitrogens with zero attached hydrogens (tertiary/aromatic N) is 1. The second-order valence-corrected chi connectivity index (χ2v) is 6.07. The van der Waals surface area contributed by atoms with Crippen molar-refractivity contribution in [1.82, 2.24) is 4.98 Å². The van der Waals surface area contributed by atoms with Crippen molar-refractivity contribution in [3.63, 3.8) is 0 Å². The molecule has 0 atom stereocenters. The quantitative estimate of drug-likeness (QED) is 0.651. The first-order valence-electron chi connectivity index (χ1n) is 7.67. The summed E-state index contributed by atoms with van der Waals surface area (Å²) in [5, 5.41) is 6.30. The minimum Gasteiger partial charge on any atom is -0.354 e. The van der Waals surface area contributed by atoms with Crippen molar-refractivity contribution < 1.29 is 13.6 Å². The number of rotatable bonds is 4. The molecule has 2 N–H and O–H groups in total. The molecule has 0 aliphatic rings. The van der Waals surface area contributed by atoms with Crippen molar-refractivity contribution >= 4 is 34.6 Å². The summed E-state index contributed by atoms with van der Waals surface area (Å²) in [6.07, 6.45) is 2.96. The van der Waals surface area contributed by atoms with E-state index in [2.05, 4.69) is 15.6 Å². The molecule has 0 fully saturated rings. The summed E-state index contributed by atoms with van der Waals surface area (Å²) in [6, 6.07) is 10.1. The predicted octanol–water partition coefficient (Wildman–Crippen LogP) is 5.32. The topological polar surface area (TPSA) is 54.0 Å². The van der Waals surface area contributed by atoms with Crippen LogP contribution < -0.4 is 10.6 Å². The van der Waals surface area contributed by atoms with E-state index < -0.39 is 17.5 Å². The highest BCUT2D eigenvalue weighted by Gasteiger charge is 2.10. The standard InChI is InChI=1S/C19H14ClF2N3O/c1-11-6-13(20)2-5-18(11)24-15-7-12(9-23-10-15)19(26)25-14-3-4-16(21)17(22)8-14/h2-10,24H,1H3,(H,25,26). The maximum atomic E-state index is 13.2. The van der Waals surface area contributed by atoms with Gasteiger partial charge in [0.25, 0.3) is 5.91 Å². The van der Waals surface area contributed by atoms with E-state index in [0.29, 0.717) is 10.7 Å². The third-order valence-electron chi connectivity index (χ3n) is 3.65. The molecule has 0 bridgehead atoms. The molecular weight excluding hydrogens is 360 g/mol. The number of benzene rings is 2. The van der Waals surface area contributed by atoms with Gasteiger partial charge in [-0.3, -0.25) is 9.78 Å². The maximum Gasteiger partial charge on any atom is 0.257 e. The number of anilines is 3. The van der Waals surface area contributed by atoms with Gasteiger partial charge in [0.15, 0.2) is 11.6 Å². The van der Waals surface area contributed by atoms with Gasteiger partial charge < -0.3 is 10.6 Å². The minimum atomic E-state index is -1.03. The van der Waals surface area contributed by atoms with Crippen molar-refractivity contribution in [2.24, 2.45) is 0 Å². The van der Waals surface area contributed by atoms with Gasteiger partial charge in [-0.25, -0.2) is 8.78 Å². The molecule has 3 aromatic rings. The third-order valence-corrected chi connectivity index (χ3v) is 3.88. The summed E-state index contributed by atoms with van der Waals surface area (Å²) in [5.41, 5.74) is 2.80. The number of pyridine rings is 1. The molecule has 0 spiro atoms. The van der Waals surface area contributed by atoms with Crippen LogP contribution in [0.1, 0.15) is 15.9 Å². The fourth-order valence-corrected chi connectivity index (χ4v) is 2.56. The molecule has 0 unspecified atom stereocenters. The van der Waals surface area contributed by atoms with Crippen LogP contribution in [0.4, 0.5) is 25.8 Å². The first-order valence-corrected chi connectivity index (χ1v) is 8.05. The Kier molecular flexibility index (Phi) is 5.14. The SMILES string of the molecule is Cc1cc(Cl)ccc1Nc1cncc(C(=O)Nc2ccc(F)c(F)c2)c1.